The Kier molecular flexibility index (Phi) is 3.80. The normalized spacial score (nSPS) is 21.1. The summed E-state index contributed by atoms with van der Waals surface area (Å²) >= 11 is 0. The van der Waals surface area contributed by atoms with Crippen molar-refractivity contribution >= 4 is 5.69 Å². The standard InChI is InChI=1S/C13H17F3N2/c14-13(15,16)11-5-1-2-6-12(11)18-7-3-4-10(8-17)9-18/h1-2,5-6,10H,3-4,7-9,17H2. The lowest BCUT2D eigenvalue weighted by atomic mass is 9.97. The minimum absolute atomic E-state index is 0.281. The van der Waals surface area contributed by atoms with E-state index in [0.717, 1.165) is 18.9 Å². The summed E-state index contributed by atoms with van der Waals surface area (Å²) < 4.78 is 38.8. The first-order valence-corrected chi connectivity index (χ1v) is 6.13. The summed E-state index contributed by atoms with van der Waals surface area (Å²) in [6.07, 6.45) is -2.40. The molecule has 1 unspecified atom stereocenters. The van der Waals surface area contributed by atoms with Crippen LogP contribution in [0.4, 0.5) is 18.9 Å². The van der Waals surface area contributed by atoms with Crippen LogP contribution in [0.1, 0.15) is 18.4 Å². The zero-order valence-corrected chi connectivity index (χ0v) is 10.1. The fourth-order valence-corrected chi connectivity index (χ4v) is 2.47. The van der Waals surface area contributed by atoms with E-state index in [1.54, 1.807) is 12.1 Å². The van der Waals surface area contributed by atoms with Crippen molar-refractivity contribution in [2.24, 2.45) is 11.7 Å². The molecule has 2 N–H and O–H groups in total. The number of alkyl halides is 3. The van der Waals surface area contributed by atoms with E-state index in [-0.39, 0.29) is 5.69 Å². The van der Waals surface area contributed by atoms with Gasteiger partial charge in [0.05, 0.1) is 5.56 Å². The van der Waals surface area contributed by atoms with Crippen LogP contribution < -0.4 is 10.6 Å². The van der Waals surface area contributed by atoms with Crippen molar-refractivity contribution in [2.75, 3.05) is 24.5 Å². The van der Waals surface area contributed by atoms with E-state index in [1.165, 1.54) is 6.07 Å². The largest absolute Gasteiger partial charge is 0.418 e. The van der Waals surface area contributed by atoms with Gasteiger partial charge in [-0.05, 0) is 37.4 Å². The van der Waals surface area contributed by atoms with Crippen LogP contribution in [0.3, 0.4) is 0 Å². The van der Waals surface area contributed by atoms with Crippen LogP contribution >= 0.6 is 0 Å². The molecule has 5 heteroatoms. The third-order valence-electron chi connectivity index (χ3n) is 3.40. The van der Waals surface area contributed by atoms with Crippen LogP contribution in [0, 0.1) is 5.92 Å². The number of nitrogens with two attached hydrogens (primary N) is 1. The van der Waals surface area contributed by atoms with Crippen LogP contribution in [0.2, 0.25) is 0 Å². The summed E-state index contributed by atoms with van der Waals surface area (Å²) in [4.78, 5) is 1.81. The molecule has 1 heterocycles. The lowest BCUT2D eigenvalue weighted by Crippen LogP contribution is -2.39. The second kappa shape index (κ2) is 5.18. The Morgan fingerprint density at radius 2 is 2.00 bits per heavy atom. The number of para-hydroxylation sites is 1. The summed E-state index contributed by atoms with van der Waals surface area (Å²) in [5, 5.41) is 0. The maximum atomic E-state index is 12.9. The molecule has 1 atom stereocenters. The van der Waals surface area contributed by atoms with Crippen molar-refractivity contribution in [3.05, 3.63) is 29.8 Å². The van der Waals surface area contributed by atoms with Crippen molar-refractivity contribution in [1.29, 1.82) is 0 Å². The van der Waals surface area contributed by atoms with Crippen molar-refractivity contribution in [3.8, 4) is 0 Å². The molecule has 0 aliphatic carbocycles. The van der Waals surface area contributed by atoms with Crippen LogP contribution in [-0.4, -0.2) is 19.6 Å². The van der Waals surface area contributed by atoms with E-state index in [2.05, 4.69) is 0 Å². The third kappa shape index (κ3) is 2.77. The molecule has 1 aromatic rings. The first-order valence-electron chi connectivity index (χ1n) is 6.13. The van der Waals surface area contributed by atoms with Gasteiger partial charge in [0.2, 0.25) is 0 Å². The SMILES string of the molecule is NCC1CCCN(c2ccccc2C(F)(F)F)C1. The van der Waals surface area contributed by atoms with Crippen molar-refractivity contribution in [1.82, 2.24) is 0 Å². The minimum Gasteiger partial charge on any atom is -0.371 e. The molecule has 0 aromatic heterocycles. The van der Waals surface area contributed by atoms with Crippen LogP contribution in [0.15, 0.2) is 24.3 Å². The van der Waals surface area contributed by atoms with Gasteiger partial charge in [-0.3, -0.25) is 0 Å². The summed E-state index contributed by atoms with van der Waals surface area (Å²) in [6, 6.07) is 5.76. The first-order chi connectivity index (χ1) is 8.52. The molecule has 1 aromatic carbocycles. The highest BCUT2D eigenvalue weighted by Crippen LogP contribution is 2.37. The number of nitrogens with zero attached hydrogens (tertiary/aromatic N) is 1. The predicted octanol–water partition coefficient (Wildman–Crippen LogP) is 2.88. The monoisotopic (exact) mass is 258 g/mol. The molecule has 0 radical (unpaired) electrons. The molecule has 1 saturated heterocycles. The second-order valence-electron chi connectivity index (χ2n) is 4.70. The Morgan fingerprint density at radius 3 is 2.67 bits per heavy atom. The predicted molar refractivity (Wildman–Crippen MR) is 65.4 cm³/mol. The van der Waals surface area contributed by atoms with E-state index in [0.29, 0.717) is 25.6 Å². The number of halogens is 3. The molecule has 18 heavy (non-hydrogen) atoms. The molecule has 0 saturated carbocycles. The van der Waals surface area contributed by atoms with Gasteiger partial charge in [-0.25, -0.2) is 0 Å². The van der Waals surface area contributed by atoms with Gasteiger partial charge in [-0.15, -0.1) is 0 Å². The maximum absolute atomic E-state index is 12.9. The number of rotatable bonds is 2. The van der Waals surface area contributed by atoms with E-state index in [4.69, 9.17) is 5.73 Å². The van der Waals surface area contributed by atoms with E-state index < -0.39 is 11.7 Å². The van der Waals surface area contributed by atoms with Crippen molar-refractivity contribution in [2.45, 2.75) is 19.0 Å². The van der Waals surface area contributed by atoms with E-state index >= 15 is 0 Å². The quantitative estimate of drug-likeness (QED) is 0.883. The van der Waals surface area contributed by atoms with Crippen LogP contribution in [0.5, 0.6) is 0 Å². The molecule has 1 fully saturated rings. The Balaban J connectivity index is 2.27. The molecule has 2 rings (SSSR count). The molecule has 0 spiro atoms. The average molecular weight is 258 g/mol. The number of benzene rings is 1. The van der Waals surface area contributed by atoms with Gasteiger partial charge in [0.15, 0.2) is 0 Å². The van der Waals surface area contributed by atoms with Crippen LogP contribution in [0.25, 0.3) is 0 Å². The highest BCUT2D eigenvalue weighted by Gasteiger charge is 2.35. The molecule has 0 amide bonds. The van der Waals surface area contributed by atoms with Crippen LogP contribution in [-0.2, 0) is 6.18 Å². The summed E-state index contributed by atoms with van der Waals surface area (Å²) in [7, 11) is 0. The summed E-state index contributed by atoms with van der Waals surface area (Å²) in [5.74, 6) is 0.292. The number of piperidine rings is 1. The topological polar surface area (TPSA) is 29.3 Å². The molecule has 100 valence electrons. The molecule has 1 aliphatic heterocycles. The fraction of sp³-hybridized carbons (Fsp3) is 0.538. The van der Waals surface area contributed by atoms with Gasteiger partial charge in [-0.2, -0.15) is 13.2 Å². The zero-order chi connectivity index (χ0) is 13.2. The number of anilines is 1. The van der Waals surface area contributed by atoms with Gasteiger partial charge < -0.3 is 10.6 Å². The average Bonchev–Trinajstić information content (AvgIpc) is 2.38. The number of hydrogen-bond acceptors (Lipinski definition) is 2. The summed E-state index contributed by atoms with van der Waals surface area (Å²) in [6.45, 7) is 1.82. The van der Waals surface area contributed by atoms with E-state index in [1.807, 2.05) is 4.90 Å². The Labute approximate surface area is 105 Å². The smallest absolute Gasteiger partial charge is 0.371 e. The van der Waals surface area contributed by atoms with Gasteiger partial charge in [0.25, 0.3) is 0 Å². The Bertz CT molecular complexity index is 403. The molecule has 0 bridgehead atoms. The van der Waals surface area contributed by atoms with Gasteiger partial charge in [0.1, 0.15) is 0 Å². The molecule has 1 aliphatic rings. The Morgan fingerprint density at radius 1 is 1.28 bits per heavy atom. The minimum atomic E-state index is -4.30. The second-order valence-corrected chi connectivity index (χ2v) is 4.70. The van der Waals surface area contributed by atoms with Crippen molar-refractivity contribution < 1.29 is 13.2 Å². The highest BCUT2D eigenvalue weighted by molar-refractivity contribution is 5.55. The van der Waals surface area contributed by atoms with Gasteiger partial charge in [-0.1, -0.05) is 12.1 Å². The highest BCUT2D eigenvalue weighted by atomic mass is 19.4. The van der Waals surface area contributed by atoms with Gasteiger partial charge >= 0.3 is 6.18 Å². The van der Waals surface area contributed by atoms with E-state index in [9.17, 15) is 13.2 Å². The lowest BCUT2D eigenvalue weighted by Gasteiger charge is -2.35. The van der Waals surface area contributed by atoms with Crippen molar-refractivity contribution in [3.63, 3.8) is 0 Å². The zero-order valence-electron chi connectivity index (χ0n) is 10.1. The fourth-order valence-electron chi connectivity index (χ4n) is 2.47. The number of hydrogen-bond donors (Lipinski definition) is 1. The molecular formula is C13H17F3N2. The molecule has 2 nitrogen and oxygen atoms in total. The first kappa shape index (κ1) is 13.2. The summed E-state index contributed by atoms with van der Waals surface area (Å²) in [5.41, 5.74) is 5.35. The third-order valence-corrected chi connectivity index (χ3v) is 3.40. The van der Waals surface area contributed by atoms with Gasteiger partial charge in [0, 0.05) is 18.8 Å². The lowest BCUT2D eigenvalue weighted by molar-refractivity contribution is -0.137. The molecular weight excluding hydrogens is 241 g/mol. The maximum Gasteiger partial charge on any atom is 0.418 e. The Hall–Kier alpha value is -1.23.